The van der Waals surface area contributed by atoms with Gasteiger partial charge in [0.25, 0.3) is 0 Å². The predicted molar refractivity (Wildman–Crippen MR) is 112 cm³/mol. The maximum atomic E-state index is 13.2. The second kappa shape index (κ2) is 8.47. The number of ether oxygens (including phenoxy) is 1. The average Bonchev–Trinajstić information content (AvgIpc) is 3.25. The molecule has 0 radical (unpaired) electrons. The molecule has 3 N–H and O–H groups in total. The van der Waals surface area contributed by atoms with Gasteiger partial charge in [-0.2, -0.15) is 0 Å². The van der Waals surface area contributed by atoms with E-state index in [4.69, 9.17) is 10.5 Å². The smallest absolute Gasteiger partial charge is 0.414 e. The van der Waals surface area contributed by atoms with Gasteiger partial charge < -0.3 is 20.4 Å². The van der Waals surface area contributed by atoms with Crippen LogP contribution in [0.15, 0.2) is 48.7 Å². The highest BCUT2D eigenvalue weighted by Crippen LogP contribution is 2.53. The third-order valence-electron chi connectivity index (χ3n) is 6.46. The third-order valence-corrected chi connectivity index (χ3v) is 6.46. The SMILES string of the molecule is NC(CC=O)(C(=O)O)C1c2ccccc2N(C(=O)OCc2ccccn2)C2CCCC21. The van der Waals surface area contributed by atoms with Crippen molar-refractivity contribution >= 4 is 24.0 Å². The van der Waals surface area contributed by atoms with Crippen LogP contribution in [0.5, 0.6) is 0 Å². The Bertz CT molecular complexity index is 982. The zero-order valence-corrected chi connectivity index (χ0v) is 17.0. The van der Waals surface area contributed by atoms with Gasteiger partial charge in [0.15, 0.2) is 0 Å². The Hall–Kier alpha value is -3.26. The highest BCUT2D eigenvalue weighted by Gasteiger charge is 2.55. The molecule has 0 saturated heterocycles. The second-order valence-electron chi connectivity index (χ2n) is 8.16. The summed E-state index contributed by atoms with van der Waals surface area (Å²) in [6, 6.07) is 12.3. The third kappa shape index (κ3) is 3.67. The minimum Gasteiger partial charge on any atom is -0.480 e. The number of carboxylic acids is 1. The van der Waals surface area contributed by atoms with Gasteiger partial charge in [0, 0.05) is 24.6 Å². The normalized spacial score (nSPS) is 23.9. The number of nitrogens with zero attached hydrogens (tertiary/aromatic N) is 2. The summed E-state index contributed by atoms with van der Waals surface area (Å²) in [4.78, 5) is 42.5. The van der Waals surface area contributed by atoms with E-state index in [0.717, 1.165) is 12.8 Å². The summed E-state index contributed by atoms with van der Waals surface area (Å²) in [6.45, 7) is 0.0419. The summed E-state index contributed by atoms with van der Waals surface area (Å²) < 4.78 is 5.57. The molecular weight excluding hydrogens is 398 g/mol. The number of benzene rings is 1. The minimum absolute atomic E-state index is 0.0419. The van der Waals surface area contributed by atoms with E-state index in [0.29, 0.717) is 29.7 Å². The van der Waals surface area contributed by atoms with Crippen molar-refractivity contribution in [3.8, 4) is 0 Å². The average molecular weight is 423 g/mol. The summed E-state index contributed by atoms with van der Waals surface area (Å²) in [7, 11) is 0. The van der Waals surface area contributed by atoms with E-state index in [-0.39, 0.29) is 25.0 Å². The largest absolute Gasteiger partial charge is 0.480 e. The van der Waals surface area contributed by atoms with Crippen molar-refractivity contribution in [2.75, 3.05) is 4.90 Å². The van der Waals surface area contributed by atoms with Gasteiger partial charge in [-0.15, -0.1) is 0 Å². The first-order valence-corrected chi connectivity index (χ1v) is 10.4. The molecule has 4 atom stereocenters. The van der Waals surface area contributed by atoms with Gasteiger partial charge in [0.2, 0.25) is 0 Å². The maximum absolute atomic E-state index is 13.2. The summed E-state index contributed by atoms with van der Waals surface area (Å²) >= 11 is 0. The molecular formula is C23H25N3O5. The van der Waals surface area contributed by atoms with Crippen LogP contribution in [0.4, 0.5) is 10.5 Å². The number of anilines is 1. The quantitative estimate of drug-likeness (QED) is 0.685. The Morgan fingerprint density at radius 2 is 2.00 bits per heavy atom. The van der Waals surface area contributed by atoms with Crippen LogP contribution < -0.4 is 10.6 Å². The van der Waals surface area contributed by atoms with Gasteiger partial charge in [-0.1, -0.05) is 30.7 Å². The maximum Gasteiger partial charge on any atom is 0.414 e. The van der Waals surface area contributed by atoms with E-state index in [9.17, 15) is 19.5 Å². The molecule has 8 nitrogen and oxygen atoms in total. The molecule has 1 aromatic heterocycles. The molecule has 4 unspecified atom stereocenters. The first kappa shape index (κ1) is 21.0. The van der Waals surface area contributed by atoms with Gasteiger partial charge in [-0.25, -0.2) is 4.79 Å². The van der Waals surface area contributed by atoms with Crippen molar-refractivity contribution in [1.29, 1.82) is 0 Å². The first-order chi connectivity index (χ1) is 15.0. The number of fused-ring (bicyclic) bond motifs is 2. The Morgan fingerprint density at radius 3 is 2.71 bits per heavy atom. The van der Waals surface area contributed by atoms with Crippen LogP contribution in [-0.4, -0.2) is 40.0 Å². The van der Waals surface area contributed by atoms with Crippen molar-refractivity contribution in [3.05, 3.63) is 59.9 Å². The molecule has 4 rings (SSSR count). The molecule has 1 aliphatic carbocycles. The number of amides is 1. The number of carbonyl (C=O) groups is 3. The molecule has 0 spiro atoms. The molecule has 1 fully saturated rings. The number of aliphatic carboxylic acids is 1. The lowest BCUT2D eigenvalue weighted by Gasteiger charge is -2.47. The summed E-state index contributed by atoms with van der Waals surface area (Å²) in [5.41, 5.74) is 6.52. The van der Waals surface area contributed by atoms with Crippen LogP contribution in [0.3, 0.4) is 0 Å². The van der Waals surface area contributed by atoms with Crippen molar-refractivity contribution in [3.63, 3.8) is 0 Å². The molecule has 162 valence electrons. The molecule has 2 aromatic rings. The van der Waals surface area contributed by atoms with Gasteiger partial charge in [0.05, 0.1) is 11.4 Å². The fourth-order valence-electron chi connectivity index (χ4n) is 5.12. The molecule has 1 amide bonds. The van der Waals surface area contributed by atoms with Crippen LogP contribution in [0.25, 0.3) is 0 Å². The van der Waals surface area contributed by atoms with E-state index in [2.05, 4.69) is 4.98 Å². The highest BCUT2D eigenvalue weighted by molar-refractivity contribution is 5.92. The lowest BCUT2D eigenvalue weighted by molar-refractivity contribution is -0.146. The Labute approximate surface area is 180 Å². The molecule has 2 aliphatic rings. The lowest BCUT2D eigenvalue weighted by Crippen LogP contribution is -2.60. The van der Waals surface area contributed by atoms with Crippen molar-refractivity contribution in [1.82, 2.24) is 4.98 Å². The van der Waals surface area contributed by atoms with Crippen LogP contribution in [0, 0.1) is 5.92 Å². The Balaban J connectivity index is 1.72. The molecule has 2 heterocycles. The van der Waals surface area contributed by atoms with E-state index >= 15 is 0 Å². The number of para-hydroxylation sites is 1. The van der Waals surface area contributed by atoms with Gasteiger partial charge in [-0.05, 0) is 42.5 Å². The number of carboxylic acid groups (broad SMARTS) is 1. The van der Waals surface area contributed by atoms with Gasteiger partial charge in [0.1, 0.15) is 18.4 Å². The zero-order chi connectivity index (χ0) is 22.0. The lowest BCUT2D eigenvalue weighted by atomic mass is 9.66. The number of rotatable bonds is 6. The first-order valence-electron chi connectivity index (χ1n) is 10.4. The van der Waals surface area contributed by atoms with Crippen LogP contribution in [0.1, 0.15) is 42.9 Å². The van der Waals surface area contributed by atoms with Crippen LogP contribution in [-0.2, 0) is 20.9 Å². The second-order valence-corrected chi connectivity index (χ2v) is 8.16. The molecule has 31 heavy (non-hydrogen) atoms. The number of hydrogen-bond acceptors (Lipinski definition) is 6. The predicted octanol–water partition coefficient (Wildman–Crippen LogP) is 2.86. The fourth-order valence-corrected chi connectivity index (χ4v) is 5.12. The number of aromatic nitrogens is 1. The highest BCUT2D eigenvalue weighted by atomic mass is 16.6. The monoisotopic (exact) mass is 423 g/mol. The standard InChI is InChI=1S/C23H25N3O5/c24-23(11-13-27,21(28)29)20-16-7-1-2-9-18(16)26(19-10-5-8-17(19)20)22(30)31-14-15-6-3-4-12-25-15/h1-4,6-7,9,12-13,17,19-20H,5,8,10-11,14,24H2,(H,28,29). The van der Waals surface area contributed by atoms with Gasteiger partial charge >= 0.3 is 12.1 Å². The van der Waals surface area contributed by atoms with Gasteiger partial charge in [-0.3, -0.25) is 14.7 Å². The Kier molecular flexibility index (Phi) is 5.73. The van der Waals surface area contributed by atoms with Crippen LogP contribution >= 0.6 is 0 Å². The summed E-state index contributed by atoms with van der Waals surface area (Å²) in [6.07, 6.45) is 3.67. The Morgan fingerprint density at radius 1 is 1.23 bits per heavy atom. The molecule has 1 aromatic carbocycles. The number of pyridine rings is 1. The van der Waals surface area contributed by atoms with Crippen LogP contribution in [0.2, 0.25) is 0 Å². The topological polar surface area (TPSA) is 123 Å². The van der Waals surface area contributed by atoms with E-state index < -0.39 is 23.5 Å². The number of carbonyl (C=O) groups excluding carboxylic acids is 2. The fraction of sp³-hybridized carbons (Fsp3) is 0.391. The van der Waals surface area contributed by atoms with Crippen molar-refractivity contribution in [2.45, 2.75) is 49.8 Å². The number of aldehydes is 1. The molecule has 8 heteroatoms. The molecule has 1 aliphatic heterocycles. The molecule has 0 bridgehead atoms. The summed E-state index contributed by atoms with van der Waals surface area (Å²) in [5.74, 6) is -1.98. The number of hydrogen-bond donors (Lipinski definition) is 2. The van der Waals surface area contributed by atoms with Crippen molar-refractivity contribution in [2.24, 2.45) is 11.7 Å². The van der Waals surface area contributed by atoms with E-state index in [1.165, 1.54) is 0 Å². The minimum atomic E-state index is -1.74. The molecule has 1 saturated carbocycles. The van der Waals surface area contributed by atoms with Crippen molar-refractivity contribution < 1.29 is 24.2 Å². The van der Waals surface area contributed by atoms with E-state index in [1.807, 2.05) is 6.07 Å². The number of nitrogens with two attached hydrogens (primary N) is 1. The van der Waals surface area contributed by atoms with E-state index in [1.54, 1.807) is 47.5 Å². The summed E-state index contributed by atoms with van der Waals surface area (Å²) in [5, 5.41) is 9.95. The zero-order valence-electron chi connectivity index (χ0n) is 17.0.